The number of fused-ring (bicyclic) bond motifs is 6. The first-order valence-electron chi connectivity index (χ1n) is 14.4. The highest BCUT2D eigenvalue weighted by Gasteiger charge is 2.39. The van der Waals surface area contributed by atoms with E-state index in [1.165, 1.54) is 44.5 Å². The fourth-order valence-corrected chi connectivity index (χ4v) is 6.70. The third-order valence-electron chi connectivity index (χ3n) is 9.10. The van der Waals surface area contributed by atoms with Gasteiger partial charge in [0, 0.05) is 22.1 Å². The highest BCUT2D eigenvalue weighted by molar-refractivity contribution is 5.89. The molecule has 0 bridgehead atoms. The van der Waals surface area contributed by atoms with Gasteiger partial charge >= 0.3 is 0 Å². The van der Waals surface area contributed by atoms with Crippen LogP contribution in [-0.2, 0) is 11.8 Å². The quantitative estimate of drug-likeness (QED) is 0.229. The zero-order chi connectivity index (χ0) is 27.6. The van der Waals surface area contributed by atoms with E-state index in [0.29, 0.717) is 17.5 Å². The number of aromatic nitrogens is 3. The predicted octanol–water partition coefficient (Wildman–Crippen LogP) is 9.14. The van der Waals surface area contributed by atoms with Crippen molar-refractivity contribution in [2.24, 2.45) is 0 Å². The molecule has 2 aliphatic rings. The van der Waals surface area contributed by atoms with Crippen molar-refractivity contribution in [3.05, 3.63) is 138 Å². The van der Waals surface area contributed by atoms with Gasteiger partial charge in [-0.25, -0.2) is 15.0 Å². The summed E-state index contributed by atoms with van der Waals surface area (Å²) in [5.41, 5.74) is 14.0. The van der Waals surface area contributed by atoms with Gasteiger partial charge in [0.05, 0.1) is 0 Å². The van der Waals surface area contributed by atoms with E-state index < -0.39 is 0 Å². The summed E-state index contributed by atoms with van der Waals surface area (Å²) in [6, 6.07) is 40.9. The Kier molecular flexibility index (Phi) is 5.30. The number of benzene rings is 5. The summed E-state index contributed by atoms with van der Waals surface area (Å²) in [4.78, 5) is 14.9. The molecule has 3 nitrogen and oxygen atoms in total. The first-order valence-corrected chi connectivity index (χ1v) is 14.4. The third-order valence-corrected chi connectivity index (χ3v) is 9.10. The number of rotatable bonds is 4. The molecule has 0 radical (unpaired) electrons. The average molecular weight is 528 g/mol. The van der Waals surface area contributed by atoms with E-state index in [0.717, 1.165) is 29.5 Å². The normalized spacial score (nSPS) is 16.1. The van der Waals surface area contributed by atoms with Gasteiger partial charge in [0.2, 0.25) is 0 Å². The monoisotopic (exact) mass is 527 g/mol. The summed E-state index contributed by atoms with van der Waals surface area (Å²) in [7, 11) is 0. The van der Waals surface area contributed by atoms with E-state index in [2.05, 4.69) is 92.7 Å². The van der Waals surface area contributed by atoms with Crippen LogP contribution in [0.3, 0.4) is 0 Å². The summed E-state index contributed by atoms with van der Waals surface area (Å²) in [6.45, 7) is 4.70. The Morgan fingerprint density at radius 1 is 0.512 bits per heavy atom. The summed E-state index contributed by atoms with van der Waals surface area (Å²) in [5.74, 6) is 2.07. The van der Waals surface area contributed by atoms with Crippen molar-refractivity contribution in [3.63, 3.8) is 0 Å². The van der Waals surface area contributed by atoms with Crippen LogP contribution >= 0.6 is 0 Å². The largest absolute Gasteiger partial charge is 0.208 e. The minimum atomic E-state index is -0.0925. The van der Waals surface area contributed by atoms with Gasteiger partial charge in [0.25, 0.3) is 0 Å². The maximum atomic E-state index is 5.00. The highest BCUT2D eigenvalue weighted by atomic mass is 15.0. The van der Waals surface area contributed by atoms with Crippen LogP contribution in [0, 0.1) is 0 Å². The summed E-state index contributed by atoms with van der Waals surface area (Å²) in [6.07, 6.45) is 2.02. The highest BCUT2D eigenvalue weighted by Crippen LogP contribution is 2.54. The molecule has 6 aromatic rings. The van der Waals surface area contributed by atoms with E-state index in [1.807, 2.05) is 36.4 Å². The number of hydrogen-bond acceptors (Lipinski definition) is 3. The van der Waals surface area contributed by atoms with Crippen LogP contribution in [-0.4, -0.2) is 15.0 Å². The molecule has 1 atom stereocenters. The second-order valence-corrected chi connectivity index (χ2v) is 11.4. The molecule has 41 heavy (non-hydrogen) atoms. The van der Waals surface area contributed by atoms with Crippen LogP contribution in [0.1, 0.15) is 42.5 Å². The lowest BCUT2D eigenvalue weighted by atomic mass is 9.77. The Balaban J connectivity index is 1.29. The van der Waals surface area contributed by atoms with Gasteiger partial charge in [0.15, 0.2) is 17.5 Å². The molecule has 0 saturated carbocycles. The molecule has 5 aromatic carbocycles. The number of hydrogen-bond donors (Lipinski definition) is 0. The van der Waals surface area contributed by atoms with Gasteiger partial charge in [-0.3, -0.25) is 0 Å². The fourth-order valence-electron chi connectivity index (χ4n) is 6.70. The lowest BCUT2D eigenvalue weighted by Gasteiger charge is -2.26. The van der Waals surface area contributed by atoms with Gasteiger partial charge in [-0.1, -0.05) is 111 Å². The van der Waals surface area contributed by atoms with Crippen LogP contribution < -0.4 is 0 Å². The van der Waals surface area contributed by atoms with Crippen molar-refractivity contribution >= 4 is 0 Å². The first-order chi connectivity index (χ1) is 20.1. The topological polar surface area (TPSA) is 38.7 Å². The van der Waals surface area contributed by atoms with E-state index in [1.54, 1.807) is 0 Å². The van der Waals surface area contributed by atoms with Crippen molar-refractivity contribution in [2.45, 2.75) is 32.1 Å². The lowest BCUT2D eigenvalue weighted by molar-refractivity contribution is 0.565. The molecular weight excluding hydrogens is 498 g/mol. The van der Waals surface area contributed by atoms with Crippen molar-refractivity contribution in [1.29, 1.82) is 0 Å². The molecule has 0 N–H and O–H groups in total. The zero-order valence-electron chi connectivity index (χ0n) is 23.2. The molecule has 1 unspecified atom stereocenters. The summed E-state index contributed by atoms with van der Waals surface area (Å²) >= 11 is 0. The van der Waals surface area contributed by atoms with Crippen LogP contribution in [0.2, 0.25) is 0 Å². The van der Waals surface area contributed by atoms with Crippen molar-refractivity contribution in [3.8, 4) is 56.4 Å². The minimum absolute atomic E-state index is 0.0925. The second kappa shape index (κ2) is 9.07. The smallest absolute Gasteiger partial charge is 0.164 e. The Bertz CT molecular complexity index is 1900. The Morgan fingerprint density at radius 3 is 1.76 bits per heavy atom. The van der Waals surface area contributed by atoms with Gasteiger partial charge in [-0.2, -0.15) is 0 Å². The standard InChI is InChI=1S/C38H29N3/c1-3-38(2)33-22-27(18-19-30(33)32-21-28-20-26-16-10-11-17-29(26)31(28)23-34(32)38)37-40-35(24-12-6-4-7-13-24)39-36(41-37)25-14-8-5-9-15-25/h4-19,21-23H,3,20H2,1-2H3. The molecule has 8 rings (SSSR count). The molecule has 1 aromatic heterocycles. The zero-order valence-corrected chi connectivity index (χ0v) is 23.2. The van der Waals surface area contributed by atoms with Gasteiger partial charge in [-0.15, -0.1) is 0 Å². The fraction of sp³-hybridized carbons (Fsp3) is 0.132. The molecule has 0 saturated heterocycles. The maximum Gasteiger partial charge on any atom is 0.164 e. The molecule has 0 fully saturated rings. The predicted molar refractivity (Wildman–Crippen MR) is 167 cm³/mol. The van der Waals surface area contributed by atoms with Crippen LogP contribution in [0.4, 0.5) is 0 Å². The minimum Gasteiger partial charge on any atom is -0.208 e. The van der Waals surface area contributed by atoms with Crippen molar-refractivity contribution in [2.75, 3.05) is 0 Å². The van der Waals surface area contributed by atoms with Gasteiger partial charge < -0.3 is 0 Å². The Hall–Kier alpha value is -4.89. The molecule has 3 heteroatoms. The van der Waals surface area contributed by atoms with Crippen molar-refractivity contribution < 1.29 is 0 Å². The number of nitrogens with zero attached hydrogens (tertiary/aromatic N) is 3. The second-order valence-electron chi connectivity index (χ2n) is 11.4. The molecular formula is C38H29N3. The van der Waals surface area contributed by atoms with E-state index in [4.69, 9.17) is 15.0 Å². The molecule has 2 aliphatic carbocycles. The molecule has 196 valence electrons. The van der Waals surface area contributed by atoms with E-state index in [9.17, 15) is 0 Å². The molecule has 0 amide bonds. The lowest BCUT2D eigenvalue weighted by Crippen LogP contribution is -2.19. The Morgan fingerprint density at radius 2 is 1.10 bits per heavy atom. The maximum absolute atomic E-state index is 5.00. The molecule has 1 heterocycles. The van der Waals surface area contributed by atoms with E-state index >= 15 is 0 Å². The third kappa shape index (κ3) is 3.69. The van der Waals surface area contributed by atoms with Crippen LogP contribution in [0.15, 0.2) is 115 Å². The van der Waals surface area contributed by atoms with Gasteiger partial charge in [-0.05, 0) is 75.5 Å². The molecule has 0 aliphatic heterocycles. The first kappa shape index (κ1) is 24.0. The van der Waals surface area contributed by atoms with Crippen molar-refractivity contribution in [1.82, 2.24) is 15.0 Å². The molecule has 0 spiro atoms. The summed E-state index contributed by atoms with van der Waals surface area (Å²) < 4.78 is 0. The van der Waals surface area contributed by atoms with Gasteiger partial charge in [0.1, 0.15) is 0 Å². The van der Waals surface area contributed by atoms with E-state index in [-0.39, 0.29) is 5.41 Å². The van der Waals surface area contributed by atoms with Crippen LogP contribution in [0.5, 0.6) is 0 Å². The SMILES string of the molecule is CCC1(C)c2cc(-c3nc(-c4ccccc4)nc(-c4ccccc4)n3)ccc2-c2cc3c(cc21)-c1ccccc1C3. The van der Waals surface area contributed by atoms with Crippen LogP contribution in [0.25, 0.3) is 56.4 Å². The average Bonchev–Trinajstić information content (AvgIpc) is 3.53. The summed E-state index contributed by atoms with van der Waals surface area (Å²) in [5, 5.41) is 0. The Labute approximate surface area is 240 Å².